The average molecular weight is 212 g/mol. The van der Waals surface area contributed by atoms with Gasteiger partial charge in [-0.3, -0.25) is 18.8 Å². The van der Waals surface area contributed by atoms with E-state index in [0.717, 1.165) is 0 Å². The highest BCUT2D eigenvalue weighted by Crippen LogP contribution is 1.25. The molecule has 0 aromatic heterocycles. The summed E-state index contributed by atoms with van der Waals surface area (Å²) >= 11 is 0. The highest BCUT2D eigenvalue weighted by molar-refractivity contribution is 4.49. The van der Waals surface area contributed by atoms with E-state index in [0.29, 0.717) is 0 Å². The Morgan fingerprint density at radius 1 is 0.615 bits per heavy atom. The van der Waals surface area contributed by atoms with Crippen LogP contribution in [0.1, 0.15) is 41.5 Å². The van der Waals surface area contributed by atoms with Crippen molar-refractivity contribution in [3.8, 4) is 6.57 Å². The van der Waals surface area contributed by atoms with Gasteiger partial charge in [-0.15, -0.1) is 0 Å². The van der Waals surface area contributed by atoms with Gasteiger partial charge in [0.2, 0.25) is 0 Å². The monoisotopic (exact) mass is 212 g/mol. The van der Waals surface area contributed by atoms with Crippen LogP contribution in [-0.2, 0) is 0 Å². The lowest BCUT2D eigenvalue weighted by atomic mass is 11.0. The normalized spacial score (nSPS) is 2.00. The summed E-state index contributed by atoms with van der Waals surface area (Å²) in [6.07, 6.45) is 0. The third-order valence-electron chi connectivity index (χ3n) is 0. The van der Waals surface area contributed by atoms with E-state index in [1.807, 2.05) is 41.5 Å². The molecule has 0 N–H and O–H groups in total. The van der Waals surface area contributed by atoms with Crippen molar-refractivity contribution >= 4 is 0 Å². The second-order valence-corrected chi connectivity index (χ2v) is 0.258. The van der Waals surface area contributed by atoms with Gasteiger partial charge in [-0.1, -0.05) is 46.4 Å². The van der Waals surface area contributed by atoms with E-state index in [2.05, 4.69) is 11.4 Å². The SMILES string of the molecule is C#[N+]C.CC.CC.CC.F.F.F.F. The van der Waals surface area contributed by atoms with Gasteiger partial charge in [0.25, 0.3) is 13.6 Å². The molecule has 0 aliphatic heterocycles. The second kappa shape index (κ2) is 26500. The van der Waals surface area contributed by atoms with E-state index in [-0.39, 0.29) is 18.8 Å². The maximum absolute atomic E-state index is 4.47. The molecular formula is C8H26F4N+. The first kappa shape index (κ1) is 86.6. The molecule has 0 fully saturated rings. The van der Waals surface area contributed by atoms with Crippen LogP contribution in [-0.4, -0.2) is 7.05 Å². The smallest absolute Gasteiger partial charge is 0.257 e. The largest absolute Gasteiger partial charge is 0.269 e. The Balaban J connectivity index is -0.00000000394. The fourth-order valence-corrected chi connectivity index (χ4v) is 0. The van der Waals surface area contributed by atoms with Crippen molar-refractivity contribution in [1.29, 1.82) is 0 Å². The van der Waals surface area contributed by atoms with Crippen LogP contribution in [0, 0.1) is 6.57 Å². The Morgan fingerprint density at radius 3 is 0.615 bits per heavy atom. The van der Waals surface area contributed by atoms with Crippen molar-refractivity contribution in [2.45, 2.75) is 41.5 Å². The van der Waals surface area contributed by atoms with Gasteiger partial charge >= 0.3 is 0 Å². The Hall–Kier alpha value is -0.790. The second-order valence-electron chi connectivity index (χ2n) is 0.258. The quantitative estimate of drug-likeness (QED) is 0.528. The molecule has 0 saturated carbocycles. The van der Waals surface area contributed by atoms with Crippen molar-refractivity contribution in [3.05, 3.63) is 4.85 Å². The first-order valence-corrected chi connectivity index (χ1v) is 3.71. The molecule has 0 aromatic rings. The lowest BCUT2D eigenvalue weighted by molar-refractivity contribution is 1.11. The van der Waals surface area contributed by atoms with Gasteiger partial charge in [-0.05, 0) is 0 Å². The summed E-state index contributed by atoms with van der Waals surface area (Å²) in [5.74, 6) is 0. The zero-order valence-electron chi connectivity index (χ0n) is 9.66. The van der Waals surface area contributed by atoms with Gasteiger partial charge < -0.3 is 0 Å². The van der Waals surface area contributed by atoms with Crippen molar-refractivity contribution in [3.63, 3.8) is 0 Å². The summed E-state index contributed by atoms with van der Waals surface area (Å²) in [7, 11) is 1.53. The van der Waals surface area contributed by atoms with Crippen LogP contribution in [0.5, 0.6) is 0 Å². The first-order chi connectivity index (χ1) is 4.41. The van der Waals surface area contributed by atoms with Gasteiger partial charge in [-0.2, -0.15) is 0 Å². The van der Waals surface area contributed by atoms with Crippen LogP contribution < -0.4 is 0 Å². The maximum Gasteiger partial charge on any atom is 0.257 e. The highest BCUT2D eigenvalue weighted by Gasteiger charge is 1.25. The summed E-state index contributed by atoms with van der Waals surface area (Å²) in [5.41, 5.74) is 0. The predicted molar refractivity (Wildman–Crippen MR) is 58.3 cm³/mol. The van der Waals surface area contributed by atoms with Crippen molar-refractivity contribution in [2.75, 3.05) is 7.05 Å². The van der Waals surface area contributed by atoms with Crippen molar-refractivity contribution < 1.29 is 18.8 Å². The van der Waals surface area contributed by atoms with Crippen LogP contribution in [0.4, 0.5) is 18.8 Å². The molecule has 0 unspecified atom stereocenters. The zero-order chi connectivity index (χ0) is 8.71. The summed E-state index contributed by atoms with van der Waals surface area (Å²) < 4.78 is 0. The minimum atomic E-state index is 0. The van der Waals surface area contributed by atoms with E-state index in [1.54, 1.807) is 0 Å². The van der Waals surface area contributed by atoms with Gasteiger partial charge in [0.1, 0.15) is 0 Å². The standard InChI is InChI=1S/C2H4N.3C2H6.4FH/c1-3-2;3*1-2;;;;/h1H,2H3;3*1-2H3;4*1H/q+1;;;;;;;. The molecule has 0 bridgehead atoms. The molecular weight excluding hydrogens is 186 g/mol. The van der Waals surface area contributed by atoms with Crippen LogP contribution in [0.2, 0.25) is 0 Å². The fraction of sp³-hybridized carbons (Fsp3) is 0.875. The minimum absolute atomic E-state index is 0. The number of halogens is 4. The number of hydrogen-bond donors (Lipinski definition) is 0. The van der Waals surface area contributed by atoms with Crippen LogP contribution in [0.15, 0.2) is 0 Å². The first-order valence-electron chi connectivity index (χ1n) is 3.71. The third-order valence-corrected chi connectivity index (χ3v) is 0. The number of hydrogen-bond acceptors (Lipinski definition) is 0. The molecule has 0 aliphatic carbocycles. The fourth-order valence-electron chi connectivity index (χ4n) is 0. The molecule has 0 heterocycles. The summed E-state index contributed by atoms with van der Waals surface area (Å²) in [6.45, 7) is 16.5. The molecule has 0 radical (unpaired) electrons. The molecule has 0 aromatic carbocycles. The molecule has 90 valence electrons. The van der Waals surface area contributed by atoms with Gasteiger partial charge in [0, 0.05) is 0 Å². The molecule has 5 heteroatoms. The Kier molecular flexibility index (Phi) is 176000. The number of rotatable bonds is 0. The zero-order valence-corrected chi connectivity index (χ0v) is 9.66. The third kappa shape index (κ3) is 1520. The van der Waals surface area contributed by atoms with Gasteiger partial charge in [-0.25, -0.2) is 0 Å². The molecule has 0 spiro atoms. The Morgan fingerprint density at radius 2 is 0.615 bits per heavy atom. The molecule has 0 rings (SSSR count). The molecule has 0 amide bonds. The molecule has 0 saturated heterocycles. The maximum atomic E-state index is 4.47. The highest BCUT2D eigenvalue weighted by atomic mass is 19.0. The van der Waals surface area contributed by atoms with E-state index >= 15 is 0 Å². The number of nitrogens with zero attached hydrogens (tertiary/aromatic N) is 1. The molecule has 1 nitrogen and oxygen atoms in total. The van der Waals surface area contributed by atoms with Crippen LogP contribution in [0.25, 0.3) is 4.85 Å². The van der Waals surface area contributed by atoms with Gasteiger partial charge in [0.15, 0.2) is 0 Å². The molecule has 13 heavy (non-hydrogen) atoms. The lowest BCUT2D eigenvalue weighted by Crippen LogP contribution is -1.11. The van der Waals surface area contributed by atoms with Gasteiger partial charge in [0.05, 0.1) is 0 Å². The van der Waals surface area contributed by atoms with E-state index in [9.17, 15) is 0 Å². The van der Waals surface area contributed by atoms with Crippen LogP contribution >= 0.6 is 0 Å². The molecule has 0 atom stereocenters. The summed E-state index contributed by atoms with van der Waals surface area (Å²) in [5, 5.41) is 0. The van der Waals surface area contributed by atoms with E-state index in [1.165, 1.54) is 7.05 Å². The Labute approximate surface area is 79.8 Å². The van der Waals surface area contributed by atoms with E-state index < -0.39 is 0 Å². The average Bonchev–Trinajstić information content (AvgIpc) is 2.01. The minimum Gasteiger partial charge on any atom is -0.269 e. The predicted octanol–water partition coefficient (Wildman–Crippen LogP) is 4.27. The van der Waals surface area contributed by atoms with Crippen molar-refractivity contribution in [1.82, 2.24) is 0 Å². The topological polar surface area (TPSA) is 4.36 Å². The summed E-state index contributed by atoms with van der Waals surface area (Å²) in [4.78, 5) is 3.00. The summed E-state index contributed by atoms with van der Waals surface area (Å²) in [6, 6.07) is 0. The Bertz CT molecular complexity index is 37.6. The van der Waals surface area contributed by atoms with E-state index in [4.69, 9.17) is 0 Å². The molecule has 0 aliphatic rings. The van der Waals surface area contributed by atoms with Crippen LogP contribution in [0.3, 0.4) is 0 Å². The lowest BCUT2D eigenvalue weighted by Gasteiger charge is -1.08. The van der Waals surface area contributed by atoms with Crippen molar-refractivity contribution in [2.24, 2.45) is 0 Å².